The lowest BCUT2D eigenvalue weighted by Crippen LogP contribution is -2.56. The molecule has 1 aromatic rings. The fourth-order valence-electron chi connectivity index (χ4n) is 6.47. The highest BCUT2D eigenvalue weighted by Gasteiger charge is 2.60. The first kappa shape index (κ1) is 27.7. The summed E-state index contributed by atoms with van der Waals surface area (Å²) in [4.78, 5) is 28.4. The Labute approximate surface area is 227 Å². The van der Waals surface area contributed by atoms with Gasteiger partial charge >= 0.3 is 11.9 Å². The van der Waals surface area contributed by atoms with Crippen molar-refractivity contribution in [3.05, 3.63) is 35.1 Å². The number of carbonyl (C=O) groups excluding carboxylic acids is 2. The van der Waals surface area contributed by atoms with Crippen LogP contribution in [-0.2, 0) is 30.2 Å². The first-order chi connectivity index (χ1) is 18.4. The summed E-state index contributed by atoms with van der Waals surface area (Å²) in [5.41, 5.74) is -2.48. The number of hydrogen-bond acceptors (Lipinski definition) is 11. The molecule has 3 heterocycles. The average molecular weight is 548 g/mol. The number of nitrogens with zero attached hydrogens (tertiary/aromatic N) is 1. The molecule has 0 saturated carbocycles. The molecule has 1 saturated heterocycles. The summed E-state index contributed by atoms with van der Waals surface area (Å²) in [6.45, 7) is 4.77. The van der Waals surface area contributed by atoms with Crippen LogP contribution in [0.2, 0.25) is 0 Å². The molecule has 1 aromatic carbocycles. The van der Waals surface area contributed by atoms with Crippen molar-refractivity contribution in [1.29, 1.82) is 0 Å². The van der Waals surface area contributed by atoms with E-state index in [-0.39, 0.29) is 13.2 Å². The SMILES string of the molecule is COC(=O)[C@@H](O)[C@](O)(CCC(C)(C)O)C(=O)O[C@@H]1C(OC)=C[C@@]23CCCN2CCc2cc4c(cc2[C@H]13)OCO4. The van der Waals surface area contributed by atoms with E-state index < -0.39 is 53.2 Å². The van der Waals surface area contributed by atoms with E-state index in [1.54, 1.807) is 0 Å². The third-order valence-electron chi connectivity index (χ3n) is 8.55. The van der Waals surface area contributed by atoms with E-state index >= 15 is 0 Å². The molecule has 214 valence electrons. The minimum Gasteiger partial charge on any atom is -0.497 e. The highest BCUT2D eigenvalue weighted by molar-refractivity contribution is 5.89. The van der Waals surface area contributed by atoms with E-state index in [0.29, 0.717) is 17.3 Å². The number of ether oxygens (including phenoxy) is 5. The summed E-state index contributed by atoms with van der Waals surface area (Å²) < 4.78 is 27.7. The highest BCUT2D eigenvalue weighted by atomic mass is 16.7. The third kappa shape index (κ3) is 4.65. The number of methoxy groups -OCH3 is 2. The van der Waals surface area contributed by atoms with Crippen molar-refractivity contribution < 1.29 is 48.6 Å². The summed E-state index contributed by atoms with van der Waals surface area (Å²) in [5.74, 6) is -1.11. The highest BCUT2D eigenvalue weighted by Crippen LogP contribution is 2.55. The fourth-order valence-corrected chi connectivity index (χ4v) is 6.47. The molecule has 39 heavy (non-hydrogen) atoms. The lowest BCUT2D eigenvalue weighted by atomic mass is 9.77. The van der Waals surface area contributed by atoms with Gasteiger partial charge in [0, 0.05) is 6.54 Å². The molecule has 5 rings (SSSR count). The predicted octanol–water partition coefficient (Wildman–Crippen LogP) is 1.16. The average Bonchev–Trinajstić information content (AvgIpc) is 3.59. The van der Waals surface area contributed by atoms with Crippen molar-refractivity contribution in [2.75, 3.05) is 34.1 Å². The largest absolute Gasteiger partial charge is 0.497 e. The van der Waals surface area contributed by atoms with Gasteiger partial charge in [-0.1, -0.05) is 0 Å². The molecule has 1 aliphatic carbocycles. The number of fused-ring (bicyclic) bond motifs is 3. The Bertz CT molecular complexity index is 1180. The van der Waals surface area contributed by atoms with Crippen LogP contribution in [0.15, 0.2) is 24.0 Å². The molecular weight excluding hydrogens is 510 g/mol. The molecule has 11 nitrogen and oxygen atoms in total. The summed E-state index contributed by atoms with van der Waals surface area (Å²) in [5, 5.41) is 32.4. The van der Waals surface area contributed by atoms with Crippen LogP contribution >= 0.6 is 0 Å². The topological polar surface area (TPSA) is 144 Å². The van der Waals surface area contributed by atoms with Crippen molar-refractivity contribution in [2.45, 2.75) is 80.8 Å². The van der Waals surface area contributed by atoms with Gasteiger partial charge in [0.25, 0.3) is 0 Å². The van der Waals surface area contributed by atoms with Crippen molar-refractivity contribution in [1.82, 2.24) is 4.90 Å². The van der Waals surface area contributed by atoms with Crippen LogP contribution in [0.25, 0.3) is 0 Å². The van der Waals surface area contributed by atoms with Gasteiger partial charge in [0.05, 0.1) is 31.3 Å². The molecule has 5 atom stereocenters. The Balaban J connectivity index is 1.55. The second-order valence-corrected chi connectivity index (χ2v) is 11.5. The normalized spacial score (nSPS) is 27.8. The summed E-state index contributed by atoms with van der Waals surface area (Å²) in [7, 11) is 2.54. The Morgan fingerprint density at radius 2 is 1.87 bits per heavy atom. The maximum atomic E-state index is 13.7. The van der Waals surface area contributed by atoms with Crippen LogP contribution in [0.3, 0.4) is 0 Å². The minimum absolute atomic E-state index is 0.0995. The Morgan fingerprint density at radius 3 is 2.54 bits per heavy atom. The maximum absolute atomic E-state index is 13.7. The molecule has 0 bridgehead atoms. The molecule has 4 aliphatic rings. The van der Waals surface area contributed by atoms with Crippen molar-refractivity contribution in [2.24, 2.45) is 0 Å². The Kier molecular flexibility index (Phi) is 7.07. The summed E-state index contributed by atoms with van der Waals surface area (Å²) in [6.07, 6.45) is 0.799. The zero-order valence-electron chi connectivity index (χ0n) is 22.8. The lowest BCUT2D eigenvalue weighted by molar-refractivity contribution is -0.196. The number of hydrogen-bond donors (Lipinski definition) is 3. The quantitative estimate of drug-likeness (QED) is 0.403. The van der Waals surface area contributed by atoms with Gasteiger partial charge in [-0.15, -0.1) is 0 Å². The molecule has 0 radical (unpaired) electrons. The van der Waals surface area contributed by atoms with Gasteiger partial charge < -0.3 is 39.0 Å². The smallest absolute Gasteiger partial charge is 0.342 e. The van der Waals surface area contributed by atoms with Gasteiger partial charge in [-0.25, -0.2) is 9.59 Å². The fraction of sp³-hybridized carbons (Fsp3) is 0.643. The van der Waals surface area contributed by atoms with Gasteiger partial charge in [0.1, 0.15) is 5.76 Å². The molecule has 3 N–H and O–H groups in total. The van der Waals surface area contributed by atoms with Gasteiger partial charge in [-0.2, -0.15) is 0 Å². The predicted molar refractivity (Wildman–Crippen MR) is 136 cm³/mol. The number of aliphatic hydroxyl groups excluding tert-OH is 1. The molecule has 1 spiro atoms. The van der Waals surface area contributed by atoms with E-state index in [1.165, 1.54) is 21.0 Å². The van der Waals surface area contributed by atoms with E-state index in [9.17, 15) is 24.9 Å². The van der Waals surface area contributed by atoms with Crippen molar-refractivity contribution in [3.8, 4) is 11.5 Å². The Hall–Kier alpha value is -2.86. The van der Waals surface area contributed by atoms with E-state index in [2.05, 4.69) is 9.64 Å². The number of aliphatic hydroxyl groups is 3. The number of rotatable bonds is 8. The molecule has 0 aromatic heterocycles. The van der Waals surface area contributed by atoms with Crippen LogP contribution in [-0.4, -0.2) is 95.2 Å². The standard InChI is InChI=1S/C28H37NO10/c1-26(2,33)8-9-28(34,23(30)24(31)36-4)25(32)39-22-20(35-3)14-27-7-5-10-29(27)11-6-16-12-18-19(38-15-37-18)13-17(16)21(22)27/h12-14,21-23,30,33-34H,5-11,15H2,1-4H3/t21-,22-,23-,27-,28-/m1/s1. The Morgan fingerprint density at radius 1 is 1.15 bits per heavy atom. The summed E-state index contributed by atoms with van der Waals surface area (Å²) >= 11 is 0. The van der Waals surface area contributed by atoms with Gasteiger partial charge in [-0.3, -0.25) is 4.90 Å². The third-order valence-corrected chi connectivity index (χ3v) is 8.55. The zero-order chi connectivity index (χ0) is 28.2. The first-order valence-corrected chi connectivity index (χ1v) is 13.3. The van der Waals surface area contributed by atoms with E-state index in [1.807, 2.05) is 18.2 Å². The molecule has 11 heteroatoms. The summed E-state index contributed by atoms with van der Waals surface area (Å²) in [6, 6.07) is 3.90. The number of esters is 2. The van der Waals surface area contributed by atoms with Crippen LogP contribution in [0.1, 0.15) is 56.6 Å². The molecule has 0 amide bonds. The second kappa shape index (κ2) is 9.96. The van der Waals surface area contributed by atoms with Crippen LogP contribution < -0.4 is 9.47 Å². The van der Waals surface area contributed by atoms with Crippen molar-refractivity contribution >= 4 is 11.9 Å². The van der Waals surface area contributed by atoms with Gasteiger partial charge in [-0.05, 0) is 81.8 Å². The number of carbonyl (C=O) groups is 2. The van der Waals surface area contributed by atoms with Crippen LogP contribution in [0.5, 0.6) is 11.5 Å². The second-order valence-electron chi connectivity index (χ2n) is 11.5. The van der Waals surface area contributed by atoms with Gasteiger partial charge in [0.2, 0.25) is 6.79 Å². The van der Waals surface area contributed by atoms with Gasteiger partial charge in [0.15, 0.2) is 29.3 Å². The molecule has 1 fully saturated rings. The molecule has 0 unspecified atom stereocenters. The zero-order valence-corrected chi connectivity index (χ0v) is 22.8. The molecule has 3 aliphatic heterocycles. The molecular formula is C28H37NO10. The monoisotopic (exact) mass is 547 g/mol. The van der Waals surface area contributed by atoms with E-state index in [0.717, 1.165) is 50.6 Å². The van der Waals surface area contributed by atoms with Crippen LogP contribution in [0, 0.1) is 0 Å². The van der Waals surface area contributed by atoms with Crippen molar-refractivity contribution in [3.63, 3.8) is 0 Å². The maximum Gasteiger partial charge on any atom is 0.342 e. The number of benzene rings is 1. The lowest BCUT2D eigenvalue weighted by Gasteiger charge is -2.40. The van der Waals surface area contributed by atoms with Crippen LogP contribution in [0.4, 0.5) is 0 Å². The first-order valence-electron chi connectivity index (χ1n) is 13.3. The minimum atomic E-state index is -2.67. The van der Waals surface area contributed by atoms with E-state index in [4.69, 9.17) is 18.9 Å².